The molecule has 0 aliphatic rings. The molecule has 0 radical (unpaired) electrons. The van der Waals surface area contributed by atoms with Crippen LogP contribution in [0.4, 0.5) is 0 Å². The minimum absolute atomic E-state index is 0.291. The zero-order valence-electron chi connectivity index (χ0n) is 10.7. The van der Waals surface area contributed by atoms with Crippen molar-refractivity contribution in [2.24, 2.45) is 0 Å². The Kier molecular flexibility index (Phi) is 3.09. The van der Waals surface area contributed by atoms with Crippen molar-refractivity contribution < 1.29 is 9.90 Å². The Hall–Kier alpha value is -2.81. The molecule has 0 saturated carbocycles. The van der Waals surface area contributed by atoms with Crippen LogP contribution in [0.25, 0.3) is 22.6 Å². The molecule has 0 aliphatic carbocycles. The Morgan fingerprint density at radius 2 is 1.80 bits per heavy atom. The maximum atomic E-state index is 11.5. The van der Waals surface area contributed by atoms with E-state index in [1.165, 1.54) is 0 Å². The third kappa shape index (κ3) is 2.21. The van der Waals surface area contributed by atoms with Crippen molar-refractivity contribution in [2.75, 3.05) is 0 Å². The van der Waals surface area contributed by atoms with Gasteiger partial charge in [-0.05, 0) is 29.3 Å². The first-order chi connectivity index (χ1) is 9.75. The fourth-order valence-electron chi connectivity index (χ4n) is 2.28. The van der Waals surface area contributed by atoms with Crippen LogP contribution in [0.2, 0.25) is 0 Å². The minimum Gasteiger partial charge on any atom is -0.478 e. The number of fused-ring (bicyclic) bond motifs is 1. The summed E-state index contributed by atoms with van der Waals surface area (Å²) in [7, 11) is 0. The molecule has 0 saturated heterocycles. The lowest BCUT2D eigenvalue weighted by atomic mass is 10.0. The van der Waals surface area contributed by atoms with Gasteiger partial charge in [0.15, 0.2) is 0 Å². The molecule has 3 aromatic rings. The second-order valence-electron chi connectivity index (χ2n) is 4.52. The van der Waals surface area contributed by atoms with E-state index in [1.807, 2.05) is 48.7 Å². The van der Waals surface area contributed by atoms with Gasteiger partial charge in [-0.3, -0.25) is 0 Å². The third-order valence-electron chi connectivity index (χ3n) is 3.24. The number of hydrogen-bond donors (Lipinski definition) is 2. The summed E-state index contributed by atoms with van der Waals surface area (Å²) in [6.07, 6.45) is 3.57. The summed E-state index contributed by atoms with van der Waals surface area (Å²) in [5, 5.41) is 10.5. The number of aromatic amines is 1. The standard InChI is InChI=1S/C17H13NO2/c19-17(20)15(12-5-2-1-3-6-12)11-13-7-4-8-16-14(13)9-10-18-16/h1-11,18H,(H,19,20)/b15-11+. The largest absolute Gasteiger partial charge is 0.478 e. The van der Waals surface area contributed by atoms with Gasteiger partial charge in [0.2, 0.25) is 0 Å². The van der Waals surface area contributed by atoms with Crippen LogP contribution in [0.3, 0.4) is 0 Å². The lowest BCUT2D eigenvalue weighted by Gasteiger charge is -2.04. The number of benzene rings is 2. The van der Waals surface area contributed by atoms with Gasteiger partial charge in [0, 0.05) is 17.1 Å². The zero-order valence-corrected chi connectivity index (χ0v) is 10.7. The van der Waals surface area contributed by atoms with Crippen molar-refractivity contribution in [2.45, 2.75) is 0 Å². The molecule has 98 valence electrons. The highest BCUT2D eigenvalue weighted by Crippen LogP contribution is 2.24. The van der Waals surface area contributed by atoms with Gasteiger partial charge in [0.25, 0.3) is 0 Å². The summed E-state index contributed by atoms with van der Waals surface area (Å²) in [6, 6.07) is 16.9. The molecule has 0 bridgehead atoms. The molecule has 2 N–H and O–H groups in total. The number of rotatable bonds is 3. The normalized spacial score (nSPS) is 11.7. The molecule has 20 heavy (non-hydrogen) atoms. The number of carbonyl (C=O) groups is 1. The Morgan fingerprint density at radius 1 is 1.00 bits per heavy atom. The lowest BCUT2D eigenvalue weighted by molar-refractivity contribution is -0.130. The smallest absolute Gasteiger partial charge is 0.336 e. The van der Waals surface area contributed by atoms with Crippen LogP contribution in [-0.4, -0.2) is 16.1 Å². The fourth-order valence-corrected chi connectivity index (χ4v) is 2.28. The number of hydrogen-bond acceptors (Lipinski definition) is 1. The Labute approximate surface area is 116 Å². The average Bonchev–Trinajstić information content (AvgIpc) is 2.94. The van der Waals surface area contributed by atoms with Crippen LogP contribution in [0, 0.1) is 0 Å². The fraction of sp³-hybridized carbons (Fsp3) is 0. The second kappa shape index (κ2) is 5.05. The Morgan fingerprint density at radius 3 is 2.55 bits per heavy atom. The van der Waals surface area contributed by atoms with Crippen LogP contribution < -0.4 is 0 Å². The number of aromatic nitrogens is 1. The highest BCUT2D eigenvalue weighted by molar-refractivity contribution is 6.21. The van der Waals surface area contributed by atoms with Crippen molar-refractivity contribution in [1.29, 1.82) is 0 Å². The van der Waals surface area contributed by atoms with Gasteiger partial charge in [0.1, 0.15) is 0 Å². The molecular formula is C17H13NO2. The first kappa shape index (κ1) is 12.2. The molecule has 0 fully saturated rings. The molecule has 0 aliphatic heterocycles. The molecule has 0 amide bonds. The first-order valence-corrected chi connectivity index (χ1v) is 6.32. The molecule has 1 heterocycles. The first-order valence-electron chi connectivity index (χ1n) is 6.32. The predicted octanol–water partition coefficient (Wildman–Crippen LogP) is 3.79. The topological polar surface area (TPSA) is 53.1 Å². The van der Waals surface area contributed by atoms with Gasteiger partial charge in [-0.2, -0.15) is 0 Å². The van der Waals surface area contributed by atoms with E-state index in [-0.39, 0.29) is 0 Å². The number of H-pyrrole nitrogens is 1. The molecule has 1 aromatic heterocycles. The van der Waals surface area contributed by atoms with Gasteiger partial charge in [-0.25, -0.2) is 4.79 Å². The molecule has 0 atom stereocenters. The average molecular weight is 263 g/mol. The van der Waals surface area contributed by atoms with E-state index in [9.17, 15) is 9.90 Å². The van der Waals surface area contributed by atoms with Gasteiger partial charge in [-0.1, -0.05) is 42.5 Å². The van der Waals surface area contributed by atoms with Gasteiger partial charge < -0.3 is 10.1 Å². The molecule has 0 unspecified atom stereocenters. The molecule has 0 spiro atoms. The number of carboxylic acids is 1. The Balaban J connectivity index is 2.17. The van der Waals surface area contributed by atoms with Gasteiger partial charge >= 0.3 is 5.97 Å². The van der Waals surface area contributed by atoms with Crippen molar-refractivity contribution >= 4 is 28.5 Å². The van der Waals surface area contributed by atoms with E-state index in [0.717, 1.165) is 16.5 Å². The molecule has 3 rings (SSSR count). The van der Waals surface area contributed by atoms with Crippen LogP contribution in [0.5, 0.6) is 0 Å². The van der Waals surface area contributed by atoms with Crippen LogP contribution in [0.15, 0.2) is 60.8 Å². The maximum Gasteiger partial charge on any atom is 0.336 e. The van der Waals surface area contributed by atoms with E-state index >= 15 is 0 Å². The summed E-state index contributed by atoms with van der Waals surface area (Å²) in [4.78, 5) is 14.6. The van der Waals surface area contributed by atoms with Crippen LogP contribution >= 0.6 is 0 Å². The number of carboxylic acid groups (broad SMARTS) is 1. The summed E-state index contributed by atoms with van der Waals surface area (Å²) in [6.45, 7) is 0. The zero-order chi connectivity index (χ0) is 13.9. The van der Waals surface area contributed by atoms with Crippen molar-refractivity contribution in [3.8, 4) is 0 Å². The van der Waals surface area contributed by atoms with Crippen molar-refractivity contribution in [3.05, 3.63) is 71.9 Å². The van der Waals surface area contributed by atoms with Crippen molar-refractivity contribution in [3.63, 3.8) is 0 Å². The molecule has 2 aromatic carbocycles. The Bertz CT molecular complexity index is 785. The van der Waals surface area contributed by atoms with E-state index in [1.54, 1.807) is 18.2 Å². The highest BCUT2D eigenvalue weighted by Gasteiger charge is 2.11. The summed E-state index contributed by atoms with van der Waals surface area (Å²) in [5.74, 6) is -0.927. The summed E-state index contributed by atoms with van der Waals surface area (Å²) >= 11 is 0. The number of nitrogens with one attached hydrogen (secondary N) is 1. The highest BCUT2D eigenvalue weighted by atomic mass is 16.4. The van der Waals surface area contributed by atoms with E-state index < -0.39 is 5.97 Å². The third-order valence-corrected chi connectivity index (χ3v) is 3.24. The van der Waals surface area contributed by atoms with E-state index in [4.69, 9.17) is 0 Å². The van der Waals surface area contributed by atoms with E-state index in [0.29, 0.717) is 11.1 Å². The predicted molar refractivity (Wildman–Crippen MR) is 80.2 cm³/mol. The molecule has 3 heteroatoms. The van der Waals surface area contributed by atoms with E-state index in [2.05, 4.69) is 4.98 Å². The van der Waals surface area contributed by atoms with Crippen LogP contribution in [0.1, 0.15) is 11.1 Å². The monoisotopic (exact) mass is 263 g/mol. The summed E-state index contributed by atoms with van der Waals surface area (Å²) < 4.78 is 0. The lowest BCUT2D eigenvalue weighted by Crippen LogP contribution is -1.99. The maximum absolute atomic E-state index is 11.5. The van der Waals surface area contributed by atoms with Crippen molar-refractivity contribution in [1.82, 2.24) is 4.98 Å². The molecular weight excluding hydrogens is 250 g/mol. The quantitative estimate of drug-likeness (QED) is 0.558. The second-order valence-corrected chi connectivity index (χ2v) is 4.52. The van der Waals surface area contributed by atoms with Gasteiger partial charge in [-0.15, -0.1) is 0 Å². The summed E-state index contributed by atoms with van der Waals surface area (Å²) in [5.41, 5.74) is 2.88. The molecule has 3 nitrogen and oxygen atoms in total. The minimum atomic E-state index is -0.927. The van der Waals surface area contributed by atoms with Crippen LogP contribution in [-0.2, 0) is 4.79 Å². The number of aliphatic carboxylic acids is 1. The SMILES string of the molecule is O=C(O)/C(=C/c1cccc2[nH]ccc12)c1ccccc1. The van der Waals surface area contributed by atoms with Gasteiger partial charge in [0.05, 0.1) is 5.57 Å².